The Morgan fingerprint density at radius 3 is 2.90 bits per heavy atom. The van der Waals surface area contributed by atoms with Crippen molar-refractivity contribution in [1.82, 2.24) is 4.98 Å². The van der Waals surface area contributed by atoms with Crippen LogP contribution in [-0.2, 0) is 0 Å². The summed E-state index contributed by atoms with van der Waals surface area (Å²) in [5, 5.41) is 0.529. The highest BCUT2D eigenvalue weighted by Crippen LogP contribution is 2.07. The van der Waals surface area contributed by atoms with Gasteiger partial charge in [0.15, 0.2) is 0 Å². The molecule has 1 rings (SSSR count). The Kier molecular flexibility index (Phi) is 2.17. The van der Waals surface area contributed by atoms with Gasteiger partial charge in [0.1, 0.15) is 18.7 Å². The number of methoxy groups -OCH3 is 1. The maximum atomic E-state index is 5.67. The van der Waals surface area contributed by atoms with Crippen LogP contribution in [0.25, 0.3) is 0 Å². The predicted octanol–water partition coefficient (Wildman–Crippen LogP) is 0.00200. The quantitative estimate of drug-likeness (QED) is 0.421. The Balaban J connectivity index is 3.04. The minimum absolute atomic E-state index is 0.529. The lowest BCUT2D eigenvalue weighted by molar-refractivity contribution is 0.413. The van der Waals surface area contributed by atoms with Gasteiger partial charge in [0, 0.05) is 0 Å². The fourth-order valence-corrected chi connectivity index (χ4v) is 0.747. The molecule has 1 heterocycles. The van der Waals surface area contributed by atoms with Crippen LogP contribution in [0.4, 0.5) is 0 Å². The molecule has 0 spiro atoms. The van der Waals surface area contributed by atoms with Crippen LogP contribution in [0.5, 0.6) is 5.75 Å². The van der Waals surface area contributed by atoms with E-state index in [9.17, 15) is 0 Å². The van der Waals surface area contributed by atoms with Crippen LogP contribution < -0.4 is 10.2 Å². The maximum absolute atomic E-state index is 5.67. The van der Waals surface area contributed by atoms with E-state index < -0.39 is 0 Å². The topological polar surface area (TPSA) is 22.1 Å². The Hall–Kier alpha value is -0.695. The minimum atomic E-state index is 0.529. The summed E-state index contributed by atoms with van der Waals surface area (Å²) >= 11 is 5.67. The zero-order chi connectivity index (χ0) is 7.56. The molecule has 0 aliphatic carbocycles. The molecule has 1 aromatic rings. The molecular formula is C6H7BClNO. The Labute approximate surface area is 65.6 Å². The van der Waals surface area contributed by atoms with Gasteiger partial charge in [-0.3, -0.25) is 0 Å². The molecule has 0 bridgehead atoms. The highest BCUT2D eigenvalue weighted by Gasteiger charge is 1.96. The van der Waals surface area contributed by atoms with Crippen LogP contribution in [0.3, 0.4) is 0 Å². The molecule has 4 heteroatoms. The molecule has 10 heavy (non-hydrogen) atoms. The second-order valence-electron chi connectivity index (χ2n) is 1.98. The van der Waals surface area contributed by atoms with E-state index in [1.165, 1.54) is 0 Å². The molecule has 0 N–H and O–H groups in total. The first kappa shape index (κ1) is 7.41. The van der Waals surface area contributed by atoms with Crippen LogP contribution >= 0.6 is 11.6 Å². The number of rotatable bonds is 1. The molecule has 2 nitrogen and oxygen atoms in total. The van der Waals surface area contributed by atoms with E-state index in [0.717, 1.165) is 11.2 Å². The standard InChI is InChI=1S/C6H7BClNO/c1-10-4-2-5(7)6(8)9-3-4/h2-3H,7H2,1H3. The van der Waals surface area contributed by atoms with E-state index in [4.69, 9.17) is 16.3 Å². The average molecular weight is 155 g/mol. The van der Waals surface area contributed by atoms with Crippen molar-refractivity contribution in [2.75, 3.05) is 7.11 Å². The zero-order valence-corrected chi connectivity index (χ0v) is 6.64. The van der Waals surface area contributed by atoms with Crippen LogP contribution in [0.15, 0.2) is 12.3 Å². The van der Waals surface area contributed by atoms with Crippen molar-refractivity contribution in [2.45, 2.75) is 0 Å². The van der Waals surface area contributed by atoms with Gasteiger partial charge in [0.2, 0.25) is 0 Å². The third-order valence-electron chi connectivity index (χ3n) is 1.23. The Morgan fingerprint density at radius 1 is 1.70 bits per heavy atom. The number of pyridine rings is 1. The summed E-state index contributed by atoms with van der Waals surface area (Å²) in [5.41, 5.74) is 0.931. The van der Waals surface area contributed by atoms with E-state index in [-0.39, 0.29) is 0 Å². The fourth-order valence-electron chi connectivity index (χ4n) is 0.644. The van der Waals surface area contributed by atoms with Crippen molar-refractivity contribution >= 4 is 24.9 Å². The summed E-state index contributed by atoms with van der Waals surface area (Å²) in [7, 11) is 3.49. The van der Waals surface area contributed by atoms with E-state index in [2.05, 4.69) is 4.98 Å². The number of hydrogen-bond acceptors (Lipinski definition) is 2. The van der Waals surface area contributed by atoms with Crippen molar-refractivity contribution in [3.05, 3.63) is 17.4 Å². The molecular weight excluding hydrogens is 148 g/mol. The summed E-state index contributed by atoms with van der Waals surface area (Å²) in [6.07, 6.45) is 1.59. The average Bonchev–Trinajstić information content (AvgIpc) is 1.95. The molecule has 0 aliphatic heterocycles. The minimum Gasteiger partial charge on any atom is -0.495 e. The number of aromatic nitrogens is 1. The van der Waals surface area contributed by atoms with E-state index in [1.807, 2.05) is 13.9 Å². The largest absolute Gasteiger partial charge is 0.495 e. The van der Waals surface area contributed by atoms with E-state index >= 15 is 0 Å². The van der Waals surface area contributed by atoms with Gasteiger partial charge in [0.25, 0.3) is 0 Å². The second-order valence-corrected chi connectivity index (χ2v) is 2.34. The van der Waals surface area contributed by atoms with Crippen LogP contribution in [0.2, 0.25) is 5.15 Å². The van der Waals surface area contributed by atoms with Crippen molar-refractivity contribution in [2.24, 2.45) is 0 Å². The third kappa shape index (κ3) is 1.42. The van der Waals surface area contributed by atoms with E-state index in [1.54, 1.807) is 13.3 Å². The SMILES string of the molecule is Bc1cc(OC)cnc1Cl. The molecule has 0 saturated carbocycles. The van der Waals surface area contributed by atoms with Crippen LogP contribution in [0.1, 0.15) is 0 Å². The van der Waals surface area contributed by atoms with Crippen molar-refractivity contribution in [3.8, 4) is 5.75 Å². The van der Waals surface area contributed by atoms with Gasteiger partial charge in [0.05, 0.1) is 13.3 Å². The van der Waals surface area contributed by atoms with E-state index in [0.29, 0.717) is 5.15 Å². The number of halogens is 1. The molecule has 0 aromatic carbocycles. The molecule has 52 valence electrons. The van der Waals surface area contributed by atoms with Gasteiger partial charge in [-0.2, -0.15) is 0 Å². The highest BCUT2D eigenvalue weighted by molar-refractivity contribution is 6.44. The molecule has 0 fully saturated rings. The first-order chi connectivity index (χ1) is 4.74. The van der Waals surface area contributed by atoms with Crippen molar-refractivity contribution in [3.63, 3.8) is 0 Å². The van der Waals surface area contributed by atoms with Crippen LogP contribution in [-0.4, -0.2) is 19.9 Å². The predicted molar refractivity (Wildman–Crippen MR) is 44.0 cm³/mol. The Bertz CT molecular complexity index is 241. The van der Waals surface area contributed by atoms with Gasteiger partial charge in [-0.1, -0.05) is 11.6 Å². The lowest BCUT2D eigenvalue weighted by Crippen LogP contribution is -2.05. The van der Waals surface area contributed by atoms with Gasteiger partial charge in [-0.05, 0) is 11.5 Å². The van der Waals surface area contributed by atoms with Gasteiger partial charge in [-0.15, -0.1) is 0 Å². The normalized spacial score (nSPS) is 9.40. The van der Waals surface area contributed by atoms with Crippen molar-refractivity contribution in [1.29, 1.82) is 0 Å². The fraction of sp³-hybridized carbons (Fsp3) is 0.167. The summed E-state index contributed by atoms with van der Waals surface area (Å²) in [4.78, 5) is 3.89. The second kappa shape index (κ2) is 2.93. The summed E-state index contributed by atoms with van der Waals surface area (Å²) in [6.45, 7) is 0. The Morgan fingerprint density at radius 2 is 2.40 bits per heavy atom. The lowest BCUT2D eigenvalue weighted by atomic mass is 9.99. The lowest BCUT2D eigenvalue weighted by Gasteiger charge is -2.00. The number of nitrogens with zero attached hydrogens (tertiary/aromatic N) is 1. The molecule has 0 saturated heterocycles. The monoisotopic (exact) mass is 155 g/mol. The molecule has 1 aromatic heterocycles. The number of ether oxygens (including phenoxy) is 1. The zero-order valence-electron chi connectivity index (χ0n) is 5.89. The molecule has 0 radical (unpaired) electrons. The molecule has 0 atom stereocenters. The highest BCUT2D eigenvalue weighted by atomic mass is 35.5. The molecule has 0 unspecified atom stereocenters. The molecule has 0 amide bonds. The summed E-state index contributed by atoms with van der Waals surface area (Å²) < 4.78 is 4.93. The van der Waals surface area contributed by atoms with Gasteiger partial charge >= 0.3 is 0 Å². The first-order valence-corrected chi connectivity index (χ1v) is 3.28. The smallest absolute Gasteiger partial charge is 0.143 e. The molecule has 0 aliphatic rings. The van der Waals surface area contributed by atoms with Crippen LogP contribution in [0, 0.1) is 0 Å². The maximum Gasteiger partial charge on any atom is 0.143 e. The first-order valence-electron chi connectivity index (χ1n) is 2.90. The van der Waals surface area contributed by atoms with Gasteiger partial charge in [-0.25, -0.2) is 4.98 Å². The van der Waals surface area contributed by atoms with Crippen molar-refractivity contribution < 1.29 is 4.74 Å². The summed E-state index contributed by atoms with van der Waals surface area (Å²) in [6, 6.07) is 1.84. The summed E-state index contributed by atoms with van der Waals surface area (Å²) in [5.74, 6) is 0.738. The third-order valence-corrected chi connectivity index (χ3v) is 1.62. The van der Waals surface area contributed by atoms with Gasteiger partial charge < -0.3 is 4.74 Å². The number of hydrogen-bond donors (Lipinski definition) is 0.